The van der Waals surface area contributed by atoms with E-state index in [0.717, 1.165) is 6.54 Å². The van der Waals surface area contributed by atoms with Crippen LogP contribution in [0.2, 0.25) is 0 Å². The zero-order chi connectivity index (χ0) is 16.7. The van der Waals surface area contributed by atoms with E-state index in [1.54, 1.807) is 0 Å². The largest absolute Gasteiger partial charge is 0.389 e. The van der Waals surface area contributed by atoms with E-state index in [1.165, 1.54) is 16.7 Å². The molecule has 126 valence electrons. The fraction of sp³-hybridized carbons (Fsp3) is 0.684. The van der Waals surface area contributed by atoms with Gasteiger partial charge < -0.3 is 9.84 Å². The van der Waals surface area contributed by atoms with Gasteiger partial charge in [0, 0.05) is 25.7 Å². The van der Waals surface area contributed by atoms with Gasteiger partial charge in [-0.25, -0.2) is 0 Å². The summed E-state index contributed by atoms with van der Waals surface area (Å²) in [6.45, 7) is 15.5. The van der Waals surface area contributed by atoms with E-state index < -0.39 is 6.10 Å². The summed E-state index contributed by atoms with van der Waals surface area (Å²) in [5, 5.41) is 10.2. The lowest BCUT2D eigenvalue weighted by molar-refractivity contribution is 0.00171. The Bertz CT molecular complexity index is 443. The number of nitrogens with zero attached hydrogens (tertiary/aromatic N) is 1. The van der Waals surface area contributed by atoms with Crippen molar-refractivity contribution in [2.75, 3.05) is 19.8 Å². The van der Waals surface area contributed by atoms with Crippen molar-refractivity contribution in [1.29, 1.82) is 0 Å². The Balaban J connectivity index is 2.58. The van der Waals surface area contributed by atoms with Gasteiger partial charge in [-0.05, 0) is 44.7 Å². The zero-order valence-corrected chi connectivity index (χ0v) is 15.1. The molecule has 0 saturated carbocycles. The van der Waals surface area contributed by atoms with Crippen LogP contribution in [0.1, 0.15) is 44.4 Å². The monoisotopic (exact) mass is 307 g/mol. The Morgan fingerprint density at radius 2 is 1.77 bits per heavy atom. The topological polar surface area (TPSA) is 32.7 Å². The van der Waals surface area contributed by atoms with Crippen molar-refractivity contribution < 1.29 is 9.84 Å². The minimum Gasteiger partial charge on any atom is -0.389 e. The summed E-state index contributed by atoms with van der Waals surface area (Å²) in [5.41, 5.74) is 3.94. The third-order valence-corrected chi connectivity index (χ3v) is 3.81. The highest BCUT2D eigenvalue weighted by Gasteiger charge is 2.16. The summed E-state index contributed by atoms with van der Waals surface area (Å²) < 4.78 is 5.55. The Labute approximate surface area is 136 Å². The van der Waals surface area contributed by atoms with E-state index in [4.69, 9.17) is 4.74 Å². The summed E-state index contributed by atoms with van der Waals surface area (Å²) in [7, 11) is 0. The Kier molecular flexibility index (Phi) is 8.08. The quantitative estimate of drug-likeness (QED) is 0.757. The maximum Gasteiger partial charge on any atom is 0.0900 e. The predicted octanol–water partition coefficient (Wildman–Crippen LogP) is 3.55. The van der Waals surface area contributed by atoms with Gasteiger partial charge in [0.1, 0.15) is 0 Å². The van der Waals surface area contributed by atoms with Crippen LogP contribution in [0, 0.1) is 19.8 Å². The van der Waals surface area contributed by atoms with Gasteiger partial charge in [-0.15, -0.1) is 0 Å². The molecule has 0 fully saturated rings. The fourth-order valence-electron chi connectivity index (χ4n) is 2.46. The molecule has 0 heterocycles. The number of benzene rings is 1. The van der Waals surface area contributed by atoms with Gasteiger partial charge in [-0.3, -0.25) is 4.90 Å². The van der Waals surface area contributed by atoms with Gasteiger partial charge in [-0.2, -0.15) is 0 Å². The van der Waals surface area contributed by atoms with Crippen LogP contribution >= 0.6 is 0 Å². The average Bonchev–Trinajstić information content (AvgIpc) is 2.40. The molecule has 0 amide bonds. The van der Waals surface area contributed by atoms with Gasteiger partial charge in [-0.1, -0.05) is 37.6 Å². The molecule has 1 rings (SSSR count). The fourth-order valence-corrected chi connectivity index (χ4v) is 2.46. The molecule has 0 aromatic heterocycles. The molecular weight excluding hydrogens is 274 g/mol. The molecule has 1 aromatic carbocycles. The van der Waals surface area contributed by atoms with Gasteiger partial charge in [0.15, 0.2) is 0 Å². The zero-order valence-electron chi connectivity index (χ0n) is 15.1. The highest BCUT2D eigenvalue weighted by atomic mass is 16.5. The number of aliphatic hydroxyl groups is 1. The van der Waals surface area contributed by atoms with Crippen LogP contribution in [0.4, 0.5) is 0 Å². The molecule has 0 aliphatic heterocycles. The molecule has 22 heavy (non-hydrogen) atoms. The number of aryl methyl sites for hydroxylation is 2. The SMILES string of the molecule is Cc1ccc(CN(CC(O)COCC(C)C)C(C)C)c(C)c1. The summed E-state index contributed by atoms with van der Waals surface area (Å²) in [4.78, 5) is 2.31. The van der Waals surface area contributed by atoms with Gasteiger partial charge in [0.2, 0.25) is 0 Å². The molecule has 1 unspecified atom stereocenters. The van der Waals surface area contributed by atoms with E-state index in [9.17, 15) is 5.11 Å². The predicted molar refractivity (Wildman–Crippen MR) is 93.1 cm³/mol. The standard InChI is InChI=1S/C19H33NO2/c1-14(2)12-22-13-19(21)11-20(15(3)4)10-18-8-7-16(5)9-17(18)6/h7-9,14-15,19,21H,10-13H2,1-6H3. The van der Waals surface area contributed by atoms with Crippen molar-refractivity contribution in [3.63, 3.8) is 0 Å². The molecule has 0 radical (unpaired) electrons. The Morgan fingerprint density at radius 1 is 1.09 bits per heavy atom. The average molecular weight is 307 g/mol. The lowest BCUT2D eigenvalue weighted by Crippen LogP contribution is -2.39. The van der Waals surface area contributed by atoms with E-state index in [0.29, 0.717) is 31.7 Å². The third kappa shape index (κ3) is 6.91. The molecule has 0 saturated heterocycles. The molecule has 0 aliphatic rings. The summed E-state index contributed by atoms with van der Waals surface area (Å²) >= 11 is 0. The molecule has 0 bridgehead atoms. The van der Waals surface area contributed by atoms with Crippen LogP contribution in [-0.4, -0.2) is 41.9 Å². The van der Waals surface area contributed by atoms with Gasteiger partial charge in [0.25, 0.3) is 0 Å². The first-order valence-electron chi connectivity index (χ1n) is 8.35. The van der Waals surface area contributed by atoms with Crippen molar-refractivity contribution in [3.8, 4) is 0 Å². The first-order valence-corrected chi connectivity index (χ1v) is 8.35. The molecule has 0 spiro atoms. The number of hydrogen-bond donors (Lipinski definition) is 1. The van der Waals surface area contributed by atoms with Crippen LogP contribution in [0.15, 0.2) is 18.2 Å². The molecule has 0 aliphatic carbocycles. The van der Waals surface area contributed by atoms with Gasteiger partial charge in [0.05, 0.1) is 12.7 Å². The van der Waals surface area contributed by atoms with E-state index in [-0.39, 0.29) is 0 Å². The van der Waals surface area contributed by atoms with Crippen molar-refractivity contribution in [1.82, 2.24) is 4.90 Å². The molecule has 1 atom stereocenters. The van der Waals surface area contributed by atoms with Crippen molar-refractivity contribution in [2.24, 2.45) is 5.92 Å². The first-order chi connectivity index (χ1) is 10.3. The van der Waals surface area contributed by atoms with Gasteiger partial charge >= 0.3 is 0 Å². The minimum atomic E-state index is -0.438. The van der Waals surface area contributed by atoms with Crippen LogP contribution in [-0.2, 0) is 11.3 Å². The molecule has 3 nitrogen and oxygen atoms in total. The Hall–Kier alpha value is -0.900. The minimum absolute atomic E-state index is 0.389. The maximum absolute atomic E-state index is 10.2. The lowest BCUT2D eigenvalue weighted by atomic mass is 10.0. The van der Waals surface area contributed by atoms with Crippen LogP contribution < -0.4 is 0 Å². The van der Waals surface area contributed by atoms with E-state index in [2.05, 4.69) is 64.6 Å². The molecule has 3 heteroatoms. The van der Waals surface area contributed by atoms with Crippen LogP contribution in [0.25, 0.3) is 0 Å². The van der Waals surface area contributed by atoms with Crippen LogP contribution in [0.5, 0.6) is 0 Å². The van der Waals surface area contributed by atoms with E-state index >= 15 is 0 Å². The summed E-state index contributed by atoms with van der Waals surface area (Å²) in [5.74, 6) is 0.503. The lowest BCUT2D eigenvalue weighted by Gasteiger charge is -2.29. The maximum atomic E-state index is 10.2. The summed E-state index contributed by atoms with van der Waals surface area (Å²) in [6.07, 6.45) is -0.438. The number of ether oxygens (including phenoxy) is 1. The number of rotatable bonds is 9. The molecular formula is C19H33NO2. The Morgan fingerprint density at radius 3 is 2.32 bits per heavy atom. The van der Waals surface area contributed by atoms with Crippen molar-refractivity contribution >= 4 is 0 Å². The summed E-state index contributed by atoms with van der Waals surface area (Å²) in [6, 6.07) is 6.96. The van der Waals surface area contributed by atoms with E-state index in [1.807, 2.05) is 0 Å². The smallest absolute Gasteiger partial charge is 0.0900 e. The second-order valence-corrected chi connectivity index (χ2v) is 7.04. The van der Waals surface area contributed by atoms with Crippen molar-refractivity contribution in [3.05, 3.63) is 34.9 Å². The highest BCUT2D eigenvalue weighted by Crippen LogP contribution is 2.15. The van der Waals surface area contributed by atoms with Crippen LogP contribution in [0.3, 0.4) is 0 Å². The molecule has 1 N–H and O–H groups in total. The van der Waals surface area contributed by atoms with Crippen molar-refractivity contribution in [2.45, 2.75) is 60.2 Å². The number of aliphatic hydroxyl groups excluding tert-OH is 1. The molecule has 1 aromatic rings. The number of hydrogen-bond acceptors (Lipinski definition) is 3. The second-order valence-electron chi connectivity index (χ2n) is 7.04. The second kappa shape index (κ2) is 9.29. The third-order valence-electron chi connectivity index (χ3n) is 3.81. The highest BCUT2D eigenvalue weighted by molar-refractivity contribution is 5.30. The first kappa shape index (κ1) is 19.1. The normalized spacial score (nSPS) is 13.4.